The van der Waals surface area contributed by atoms with Gasteiger partial charge in [-0.25, -0.2) is 0 Å². The first-order valence-electron chi connectivity index (χ1n) is 9.06. The van der Waals surface area contributed by atoms with E-state index in [4.69, 9.17) is 9.47 Å². The minimum atomic E-state index is 0.162. The number of hydrogen-bond acceptors (Lipinski definition) is 4. The van der Waals surface area contributed by atoms with E-state index in [0.29, 0.717) is 0 Å². The SMILES string of the molecule is O=C(c1ccc(N2CCOCC2)cc1)N1CCCC2(CCOC2)C1. The van der Waals surface area contributed by atoms with E-state index in [1.165, 1.54) is 12.1 Å². The highest BCUT2D eigenvalue weighted by molar-refractivity contribution is 5.94. The van der Waals surface area contributed by atoms with Gasteiger partial charge in [-0.05, 0) is 43.5 Å². The van der Waals surface area contributed by atoms with Gasteiger partial charge in [0.1, 0.15) is 0 Å². The van der Waals surface area contributed by atoms with Crippen LogP contribution in [0.5, 0.6) is 0 Å². The summed E-state index contributed by atoms with van der Waals surface area (Å²) in [5.74, 6) is 0.162. The Labute approximate surface area is 143 Å². The van der Waals surface area contributed by atoms with Crippen molar-refractivity contribution >= 4 is 11.6 Å². The van der Waals surface area contributed by atoms with E-state index in [9.17, 15) is 4.79 Å². The molecule has 130 valence electrons. The van der Waals surface area contributed by atoms with Gasteiger partial charge < -0.3 is 19.3 Å². The van der Waals surface area contributed by atoms with Crippen LogP contribution in [-0.2, 0) is 9.47 Å². The summed E-state index contributed by atoms with van der Waals surface area (Å²) in [5, 5.41) is 0. The molecule has 0 aliphatic carbocycles. The molecule has 3 saturated heterocycles. The fraction of sp³-hybridized carbons (Fsp3) is 0.632. The van der Waals surface area contributed by atoms with Crippen molar-refractivity contribution in [1.29, 1.82) is 0 Å². The molecule has 0 saturated carbocycles. The van der Waals surface area contributed by atoms with Crippen LogP contribution in [-0.4, -0.2) is 63.4 Å². The zero-order valence-electron chi connectivity index (χ0n) is 14.2. The Morgan fingerprint density at radius 2 is 1.75 bits per heavy atom. The average molecular weight is 330 g/mol. The Bertz CT molecular complexity index is 575. The Hall–Kier alpha value is -1.59. The van der Waals surface area contributed by atoms with Gasteiger partial charge in [0.05, 0.1) is 19.8 Å². The Kier molecular flexibility index (Phi) is 4.46. The summed E-state index contributed by atoms with van der Waals surface area (Å²) >= 11 is 0. The van der Waals surface area contributed by atoms with E-state index in [0.717, 1.165) is 71.0 Å². The van der Waals surface area contributed by atoms with Crippen LogP contribution in [0.4, 0.5) is 5.69 Å². The normalized spacial score (nSPS) is 27.7. The number of benzene rings is 1. The highest BCUT2D eigenvalue weighted by Gasteiger charge is 2.40. The first-order chi connectivity index (χ1) is 11.8. The van der Waals surface area contributed by atoms with Crippen LogP contribution in [0, 0.1) is 5.41 Å². The van der Waals surface area contributed by atoms with E-state index in [1.54, 1.807) is 0 Å². The number of likely N-dealkylation sites (tertiary alicyclic amines) is 1. The average Bonchev–Trinajstić information content (AvgIpc) is 3.09. The lowest BCUT2D eigenvalue weighted by molar-refractivity contribution is 0.0462. The largest absolute Gasteiger partial charge is 0.381 e. The number of anilines is 1. The molecule has 0 radical (unpaired) electrons. The van der Waals surface area contributed by atoms with Crippen molar-refractivity contribution in [2.75, 3.05) is 57.5 Å². The minimum Gasteiger partial charge on any atom is -0.381 e. The number of carbonyl (C=O) groups is 1. The molecule has 1 amide bonds. The van der Waals surface area contributed by atoms with Gasteiger partial charge in [0.15, 0.2) is 0 Å². The van der Waals surface area contributed by atoms with Crippen LogP contribution in [0.3, 0.4) is 0 Å². The summed E-state index contributed by atoms with van der Waals surface area (Å²) in [4.78, 5) is 17.2. The number of hydrogen-bond donors (Lipinski definition) is 0. The molecule has 3 fully saturated rings. The van der Waals surface area contributed by atoms with Gasteiger partial charge in [-0.3, -0.25) is 4.79 Å². The molecule has 3 aliphatic heterocycles. The summed E-state index contributed by atoms with van der Waals surface area (Å²) < 4.78 is 11.0. The summed E-state index contributed by atoms with van der Waals surface area (Å²) in [6, 6.07) is 8.08. The van der Waals surface area contributed by atoms with Gasteiger partial charge in [-0.15, -0.1) is 0 Å². The second kappa shape index (κ2) is 6.73. The summed E-state index contributed by atoms with van der Waals surface area (Å²) in [7, 11) is 0. The van der Waals surface area contributed by atoms with Crippen LogP contribution in [0.1, 0.15) is 29.6 Å². The second-order valence-corrected chi connectivity index (χ2v) is 7.28. The van der Waals surface area contributed by atoms with Crippen molar-refractivity contribution in [2.45, 2.75) is 19.3 Å². The van der Waals surface area contributed by atoms with E-state index >= 15 is 0 Å². The summed E-state index contributed by atoms with van der Waals surface area (Å²) in [6.07, 6.45) is 3.36. The van der Waals surface area contributed by atoms with Crippen LogP contribution < -0.4 is 4.90 Å². The van der Waals surface area contributed by atoms with E-state index in [-0.39, 0.29) is 11.3 Å². The maximum Gasteiger partial charge on any atom is 0.253 e. The Balaban J connectivity index is 1.44. The minimum absolute atomic E-state index is 0.162. The van der Waals surface area contributed by atoms with Crippen molar-refractivity contribution in [2.24, 2.45) is 5.41 Å². The standard InChI is InChI=1S/C19H26N2O3/c22-18(21-8-1-6-19(14-21)7-11-24-15-19)16-2-4-17(5-3-16)20-9-12-23-13-10-20/h2-5H,1,6-15H2. The van der Waals surface area contributed by atoms with Gasteiger partial charge in [-0.2, -0.15) is 0 Å². The molecular formula is C19H26N2O3. The highest BCUT2D eigenvalue weighted by atomic mass is 16.5. The van der Waals surface area contributed by atoms with Crippen molar-refractivity contribution < 1.29 is 14.3 Å². The number of nitrogens with zero attached hydrogens (tertiary/aromatic N) is 2. The predicted octanol–water partition coefficient (Wildman–Crippen LogP) is 2.17. The molecule has 0 aromatic heterocycles. The Morgan fingerprint density at radius 3 is 2.46 bits per heavy atom. The first-order valence-corrected chi connectivity index (χ1v) is 9.06. The fourth-order valence-corrected chi connectivity index (χ4v) is 4.17. The predicted molar refractivity (Wildman–Crippen MR) is 92.5 cm³/mol. The third-order valence-corrected chi connectivity index (χ3v) is 5.62. The van der Waals surface area contributed by atoms with E-state index < -0.39 is 0 Å². The first kappa shape index (κ1) is 15.9. The lowest BCUT2D eigenvalue weighted by Gasteiger charge is -2.39. The van der Waals surface area contributed by atoms with Gasteiger partial charge in [0.25, 0.3) is 5.91 Å². The molecule has 5 heteroatoms. The maximum atomic E-state index is 12.9. The number of carbonyl (C=O) groups excluding carboxylic acids is 1. The molecule has 1 aromatic carbocycles. The molecule has 1 aromatic rings. The molecule has 5 nitrogen and oxygen atoms in total. The van der Waals surface area contributed by atoms with Gasteiger partial charge >= 0.3 is 0 Å². The topological polar surface area (TPSA) is 42.0 Å². The number of morpholine rings is 1. The van der Waals surface area contributed by atoms with Crippen LogP contribution in [0.15, 0.2) is 24.3 Å². The van der Waals surface area contributed by atoms with Crippen molar-refractivity contribution in [1.82, 2.24) is 4.90 Å². The quantitative estimate of drug-likeness (QED) is 0.833. The highest BCUT2D eigenvalue weighted by Crippen LogP contribution is 2.38. The summed E-state index contributed by atoms with van der Waals surface area (Å²) in [5.41, 5.74) is 2.18. The molecule has 3 aliphatic rings. The summed E-state index contributed by atoms with van der Waals surface area (Å²) in [6.45, 7) is 6.76. The number of ether oxygens (including phenoxy) is 2. The van der Waals surface area contributed by atoms with Gasteiger partial charge in [0, 0.05) is 49.5 Å². The van der Waals surface area contributed by atoms with E-state index in [2.05, 4.69) is 17.0 Å². The smallest absolute Gasteiger partial charge is 0.253 e. The molecule has 1 atom stereocenters. The van der Waals surface area contributed by atoms with Crippen LogP contribution in [0.2, 0.25) is 0 Å². The molecule has 0 N–H and O–H groups in total. The zero-order chi connectivity index (χ0) is 16.4. The number of piperidine rings is 1. The van der Waals surface area contributed by atoms with Crippen molar-refractivity contribution in [3.05, 3.63) is 29.8 Å². The molecule has 3 heterocycles. The number of amides is 1. The third-order valence-electron chi connectivity index (χ3n) is 5.62. The van der Waals surface area contributed by atoms with E-state index in [1.807, 2.05) is 17.0 Å². The molecule has 1 spiro atoms. The van der Waals surface area contributed by atoms with Crippen LogP contribution >= 0.6 is 0 Å². The molecule has 24 heavy (non-hydrogen) atoms. The Morgan fingerprint density at radius 1 is 0.958 bits per heavy atom. The van der Waals surface area contributed by atoms with Crippen LogP contribution in [0.25, 0.3) is 0 Å². The molecular weight excluding hydrogens is 304 g/mol. The number of rotatable bonds is 2. The molecule has 0 bridgehead atoms. The second-order valence-electron chi connectivity index (χ2n) is 7.28. The third kappa shape index (κ3) is 3.15. The lowest BCUT2D eigenvalue weighted by Crippen LogP contribution is -2.46. The maximum absolute atomic E-state index is 12.9. The fourth-order valence-electron chi connectivity index (χ4n) is 4.17. The molecule has 1 unspecified atom stereocenters. The zero-order valence-corrected chi connectivity index (χ0v) is 14.2. The van der Waals surface area contributed by atoms with Crippen molar-refractivity contribution in [3.8, 4) is 0 Å². The monoisotopic (exact) mass is 330 g/mol. The lowest BCUT2D eigenvalue weighted by atomic mass is 9.79. The van der Waals surface area contributed by atoms with Gasteiger partial charge in [-0.1, -0.05) is 0 Å². The van der Waals surface area contributed by atoms with Gasteiger partial charge in [0.2, 0.25) is 0 Å². The molecule has 4 rings (SSSR count). The van der Waals surface area contributed by atoms with Crippen molar-refractivity contribution in [3.63, 3.8) is 0 Å².